The van der Waals surface area contributed by atoms with E-state index in [0.29, 0.717) is 0 Å². The first-order chi connectivity index (χ1) is 13.6. The van der Waals surface area contributed by atoms with Gasteiger partial charge in [-0.3, -0.25) is 0 Å². The van der Waals surface area contributed by atoms with Crippen molar-refractivity contribution in [3.63, 3.8) is 0 Å². The van der Waals surface area contributed by atoms with Crippen LogP contribution in [0.2, 0.25) is 0 Å². The van der Waals surface area contributed by atoms with E-state index in [1.165, 1.54) is 11.1 Å². The van der Waals surface area contributed by atoms with Gasteiger partial charge in [0.25, 0.3) is 0 Å². The van der Waals surface area contributed by atoms with Crippen LogP contribution in [-0.2, 0) is 18.9 Å². The average molecular weight is 487 g/mol. The first-order valence-corrected chi connectivity index (χ1v) is 16.7. The van der Waals surface area contributed by atoms with Crippen molar-refractivity contribution in [1.29, 1.82) is 0 Å². The molecule has 0 aromatic heterocycles. The van der Waals surface area contributed by atoms with Gasteiger partial charge in [-0.25, -0.2) is 12.1 Å². The summed E-state index contributed by atoms with van der Waals surface area (Å²) in [4.78, 5) is 0. The number of aryl methyl sites for hydroxylation is 2. The second-order valence-corrected chi connectivity index (χ2v) is 14.3. The molecule has 0 nitrogen and oxygen atoms in total. The summed E-state index contributed by atoms with van der Waals surface area (Å²) in [6, 6.07) is 36.6. The Kier molecular flexibility index (Phi) is 10.4. The van der Waals surface area contributed by atoms with Crippen molar-refractivity contribution in [1.82, 2.24) is 0 Å². The van der Waals surface area contributed by atoms with E-state index >= 15 is 0 Å². The molecule has 3 heteroatoms. The Morgan fingerprint density at radius 3 is 1.32 bits per heavy atom. The van der Waals surface area contributed by atoms with Crippen LogP contribution in [-0.4, -0.2) is 3.21 Å². The van der Waals surface area contributed by atoms with Crippen molar-refractivity contribution in [2.45, 2.75) is 13.8 Å². The molecule has 0 heterocycles. The quantitative estimate of drug-likeness (QED) is 0.256. The van der Waals surface area contributed by atoms with Crippen molar-refractivity contribution in [3.8, 4) is 0 Å². The second-order valence-electron chi connectivity index (χ2n) is 6.22. The summed E-state index contributed by atoms with van der Waals surface area (Å²) in [5, 5.41) is 0. The molecule has 0 unspecified atom stereocenters. The van der Waals surface area contributed by atoms with Gasteiger partial charge in [0, 0.05) is 0 Å². The average Bonchev–Trinajstić information content (AvgIpc) is 3.40. The molecule has 0 fully saturated rings. The van der Waals surface area contributed by atoms with Crippen molar-refractivity contribution in [3.05, 3.63) is 131 Å². The van der Waals surface area contributed by atoms with E-state index in [9.17, 15) is 0 Å². The number of rotatable bonds is 2. The summed E-state index contributed by atoms with van der Waals surface area (Å²) in [7, 11) is 12.5. The maximum absolute atomic E-state index is 6.24. The minimum atomic E-state index is -2.44. The monoisotopic (exact) mass is 484 g/mol. The smallest absolute Gasteiger partial charge is 0.172 e. The molecule has 0 bridgehead atoms. The minimum Gasteiger partial charge on any atom is -0.214 e. The van der Waals surface area contributed by atoms with Gasteiger partial charge in [-0.2, -0.15) is 47.5 Å². The number of hydrogen-bond acceptors (Lipinski definition) is 0. The van der Waals surface area contributed by atoms with Crippen molar-refractivity contribution >= 4 is 20.2 Å². The van der Waals surface area contributed by atoms with Gasteiger partial charge in [-0.1, -0.05) is 13.8 Å². The van der Waals surface area contributed by atoms with Gasteiger partial charge in [-0.05, 0) is 0 Å². The molecule has 0 aliphatic carbocycles. The van der Waals surface area contributed by atoms with Gasteiger partial charge in [0.1, 0.15) is 0 Å². The van der Waals surface area contributed by atoms with Gasteiger partial charge < -0.3 is 0 Å². The van der Waals surface area contributed by atoms with E-state index in [1.54, 1.807) is 0 Å². The molecule has 144 valence electrons. The van der Waals surface area contributed by atoms with E-state index in [0.717, 1.165) is 14.3 Å². The first-order valence-electron chi connectivity index (χ1n) is 9.11. The molecule has 0 radical (unpaired) electrons. The number of hydrogen-bond donors (Lipinski definition) is 0. The van der Waals surface area contributed by atoms with Crippen LogP contribution in [0.4, 0.5) is 0 Å². The molecule has 28 heavy (non-hydrogen) atoms. The predicted molar refractivity (Wildman–Crippen MR) is 121 cm³/mol. The zero-order valence-electron chi connectivity index (χ0n) is 16.1. The molecule has 0 aliphatic rings. The molecule has 4 aromatic rings. The van der Waals surface area contributed by atoms with Crippen LogP contribution >= 0.6 is 17.0 Å². The Balaban J connectivity index is 0.000000190. The van der Waals surface area contributed by atoms with Crippen LogP contribution < -0.4 is 0 Å². The molecule has 0 atom stereocenters. The molecule has 0 amide bonds. The van der Waals surface area contributed by atoms with Crippen LogP contribution in [0.1, 0.15) is 22.3 Å². The third-order valence-corrected chi connectivity index (χ3v) is 8.77. The summed E-state index contributed by atoms with van der Waals surface area (Å²) in [5.74, 6) is 0. The van der Waals surface area contributed by atoms with Gasteiger partial charge in [0.05, 0.1) is 0 Å². The van der Waals surface area contributed by atoms with E-state index in [2.05, 4.69) is 56.3 Å². The van der Waals surface area contributed by atoms with Gasteiger partial charge in [0.15, 0.2) is 0 Å². The Labute approximate surface area is 183 Å². The molecule has 0 aliphatic heterocycles. The summed E-state index contributed by atoms with van der Waals surface area (Å²) in [5.41, 5.74) is 5.07. The largest absolute Gasteiger partial charge is 0.214 e. The SMILES string of the molecule is Cc1c[cH-]cc1C.[Cl][Zr]([Cl])=[C](c1ccccc1)c1ccccc1.c1cc[cH-]c1. The Morgan fingerprint density at radius 2 is 1.07 bits per heavy atom. The van der Waals surface area contributed by atoms with Crippen molar-refractivity contribution < 1.29 is 18.9 Å². The van der Waals surface area contributed by atoms with Crippen molar-refractivity contribution in [2.75, 3.05) is 0 Å². The maximum atomic E-state index is 6.24. The summed E-state index contributed by atoms with van der Waals surface area (Å²) in [6.07, 6.45) is 0. The van der Waals surface area contributed by atoms with Crippen LogP contribution in [0.15, 0.2) is 109 Å². The molecule has 4 rings (SSSR count). The predicted octanol–water partition coefficient (Wildman–Crippen LogP) is 7.61. The fraction of sp³-hybridized carbons (Fsp3) is 0.0800. The molecular formula is C25H24Cl2Zr-2. The molecule has 0 spiro atoms. The Bertz CT molecular complexity index is 857. The van der Waals surface area contributed by atoms with Crippen LogP contribution in [0.3, 0.4) is 0 Å². The first kappa shape index (κ1) is 22.8. The maximum Gasteiger partial charge on any atom is -0.172 e. The summed E-state index contributed by atoms with van der Waals surface area (Å²) in [6.45, 7) is 4.24. The van der Waals surface area contributed by atoms with Gasteiger partial charge in [-0.15, -0.1) is 0 Å². The topological polar surface area (TPSA) is 0 Å². The minimum absolute atomic E-state index is 1.15. The summed E-state index contributed by atoms with van der Waals surface area (Å²) >= 11 is -2.44. The van der Waals surface area contributed by atoms with Crippen LogP contribution in [0.25, 0.3) is 0 Å². The third kappa shape index (κ3) is 7.84. The number of halogens is 2. The molecule has 0 saturated carbocycles. The van der Waals surface area contributed by atoms with Crippen molar-refractivity contribution in [2.24, 2.45) is 0 Å². The molecule has 0 N–H and O–H groups in total. The van der Waals surface area contributed by atoms with E-state index in [1.807, 2.05) is 66.7 Å². The van der Waals surface area contributed by atoms with E-state index in [4.69, 9.17) is 17.0 Å². The van der Waals surface area contributed by atoms with Crippen LogP contribution in [0.5, 0.6) is 0 Å². The molecule has 4 aromatic carbocycles. The van der Waals surface area contributed by atoms with Gasteiger partial charge in [0.2, 0.25) is 0 Å². The zero-order valence-corrected chi connectivity index (χ0v) is 20.1. The fourth-order valence-electron chi connectivity index (χ4n) is 2.51. The van der Waals surface area contributed by atoms with Gasteiger partial charge >= 0.3 is 111 Å². The standard InChI is InChI=1S/C13H10.C7H9.C5H5.2ClH.Zr/c1-3-7-12(8-4-1)11-13-9-5-2-6-10-13;1-6-4-3-5-7(6)2;1-2-4-5-3-1;;;/h1-10H;3-5H,1-2H3;1-5H;2*1H;/q;2*-1;;;+2/p-2. The summed E-state index contributed by atoms with van der Waals surface area (Å²) < 4.78 is 1.15. The van der Waals surface area contributed by atoms with Crippen LogP contribution in [0, 0.1) is 13.8 Å². The third-order valence-electron chi connectivity index (χ3n) is 4.18. The van der Waals surface area contributed by atoms with E-state index in [-0.39, 0.29) is 0 Å². The normalized spacial score (nSPS) is 9.43. The molecule has 0 saturated heterocycles. The Hall–Kier alpha value is -1.53. The zero-order chi connectivity index (χ0) is 20.2. The van der Waals surface area contributed by atoms with E-state index < -0.39 is 18.9 Å². The second kappa shape index (κ2) is 12.8. The number of benzene rings is 2. The fourth-order valence-corrected chi connectivity index (χ4v) is 6.99. The molecular weight excluding hydrogens is 462 g/mol. The Morgan fingerprint density at radius 1 is 0.643 bits per heavy atom.